The Labute approximate surface area is 172 Å². The van der Waals surface area contributed by atoms with Crippen LogP contribution < -0.4 is 9.47 Å². The standard InChI is InChI=1S/C22H25BN4O2/c1-13-11-27(3)21(23)8-17(13)19-10-24-14(2)26-22(19)29-12-15-7-18(15)20-6-5-16(28-4)9-25-20/h5-6,8-11,15,18,23H,7,12H2,1-4H3. The van der Waals surface area contributed by atoms with E-state index in [1.807, 2.05) is 37.2 Å². The Bertz CT molecular complexity index is 1000. The quantitative estimate of drug-likeness (QED) is 0.710. The van der Waals surface area contributed by atoms with Gasteiger partial charge in [-0.3, -0.25) is 0 Å². The van der Waals surface area contributed by atoms with E-state index < -0.39 is 0 Å². The van der Waals surface area contributed by atoms with Crippen LogP contribution in [0.25, 0.3) is 5.57 Å². The summed E-state index contributed by atoms with van der Waals surface area (Å²) in [4.78, 5) is 15.5. The van der Waals surface area contributed by atoms with Gasteiger partial charge in [-0.1, -0.05) is 0 Å². The van der Waals surface area contributed by atoms with Crippen molar-refractivity contribution in [1.29, 1.82) is 0 Å². The van der Waals surface area contributed by atoms with Crippen LogP contribution in [0.2, 0.25) is 0 Å². The molecule has 2 aliphatic rings. The van der Waals surface area contributed by atoms with Gasteiger partial charge in [-0.05, 0) is 0 Å². The van der Waals surface area contributed by atoms with Crippen molar-refractivity contribution in [3.05, 3.63) is 59.5 Å². The van der Waals surface area contributed by atoms with Gasteiger partial charge in [-0.15, -0.1) is 0 Å². The second kappa shape index (κ2) is 7.81. The van der Waals surface area contributed by atoms with Gasteiger partial charge in [0.25, 0.3) is 0 Å². The summed E-state index contributed by atoms with van der Waals surface area (Å²) in [5.74, 6) is 2.97. The first-order chi connectivity index (χ1) is 14.0. The molecule has 1 aliphatic heterocycles. The number of rotatable bonds is 6. The van der Waals surface area contributed by atoms with E-state index in [0.29, 0.717) is 30.1 Å². The number of methoxy groups -OCH3 is 1. The molecule has 1 fully saturated rings. The van der Waals surface area contributed by atoms with Crippen LogP contribution in [-0.4, -0.2) is 53.7 Å². The summed E-state index contributed by atoms with van der Waals surface area (Å²) in [7, 11) is 7.74. The zero-order valence-electron chi connectivity index (χ0n) is 17.3. The van der Waals surface area contributed by atoms with Crippen LogP contribution >= 0.6 is 0 Å². The third-order valence-corrected chi connectivity index (χ3v) is 5.47. The predicted molar refractivity (Wildman–Crippen MR) is 116 cm³/mol. The molecule has 2 aromatic rings. The Morgan fingerprint density at radius 1 is 1.21 bits per heavy atom. The summed E-state index contributed by atoms with van der Waals surface area (Å²) < 4.78 is 11.4. The van der Waals surface area contributed by atoms with E-state index in [-0.39, 0.29) is 0 Å². The number of ether oxygens (including phenoxy) is 2. The fourth-order valence-electron chi connectivity index (χ4n) is 3.57. The van der Waals surface area contributed by atoms with E-state index in [1.54, 1.807) is 13.3 Å². The van der Waals surface area contributed by atoms with Gasteiger partial charge in [0.1, 0.15) is 5.75 Å². The van der Waals surface area contributed by atoms with Crippen molar-refractivity contribution in [3.8, 4) is 11.6 Å². The van der Waals surface area contributed by atoms with E-state index in [2.05, 4.69) is 41.6 Å². The Morgan fingerprint density at radius 3 is 2.76 bits per heavy atom. The first kappa shape index (κ1) is 19.4. The van der Waals surface area contributed by atoms with E-state index in [4.69, 9.17) is 9.47 Å². The molecule has 2 unspecified atom stereocenters. The maximum atomic E-state index is 6.19. The minimum absolute atomic E-state index is 0.427. The molecule has 0 saturated heterocycles. The van der Waals surface area contributed by atoms with Gasteiger partial charge < -0.3 is 4.74 Å². The van der Waals surface area contributed by atoms with Crippen molar-refractivity contribution in [2.75, 3.05) is 20.8 Å². The third-order valence-electron chi connectivity index (χ3n) is 5.47. The molecule has 148 valence electrons. The summed E-state index contributed by atoms with van der Waals surface area (Å²) in [5.41, 5.74) is 5.09. The summed E-state index contributed by atoms with van der Waals surface area (Å²) >= 11 is 0. The Hall–Kier alpha value is -2.96. The van der Waals surface area contributed by atoms with Crippen molar-refractivity contribution >= 4 is 18.6 Å². The number of allylic oxidation sites excluding steroid dienone is 2. The average molecular weight is 388 g/mol. The van der Waals surface area contributed by atoms with Crippen LogP contribution in [0, 0.1) is 12.8 Å². The van der Waals surface area contributed by atoms with Crippen molar-refractivity contribution in [1.82, 2.24) is 19.9 Å². The summed E-state index contributed by atoms with van der Waals surface area (Å²) in [6, 6.07) is 3.99. The molecular formula is C22H25BN4O2. The van der Waals surface area contributed by atoms with Crippen molar-refractivity contribution < 1.29 is 9.47 Å². The normalized spacial score (nSPS) is 20.8. The molecule has 7 heteroatoms. The first-order valence-corrected chi connectivity index (χ1v) is 9.75. The van der Waals surface area contributed by atoms with Crippen LogP contribution in [0.4, 0.5) is 0 Å². The number of hydrogen-bond donors (Lipinski definition) is 0. The monoisotopic (exact) mass is 388 g/mol. The molecule has 0 bridgehead atoms. The molecule has 1 aliphatic carbocycles. The van der Waals surface area contributed by atoms with Gasteiger partial charge in [0, 0.05) is 0 Å². The molecule has 0 aromatic carbocycles. The third kappa shape index (κ3) is 4.09. The number of hydrogen-bond acceptors (Lipinski definition) is 6. The zero-order chi connectivity index (χ0) is 20.5. The number of aromatic nitrogens is 3. The molecular weight excluding hydrogens is 363 g/mol. The molecule has 0 radical (unpaired) electrons. The summed E-state index contributed by atoms with van der Waals surface area (Å²) in [5, 5.41) is 0. The topological polar surface area (TPSA) is 60.4 Å². The Balaban J connectivity index is 1.48. The first-order valence-electron chi connectivity index (χ1n) is 9.75. The molecule has 29 heavy (non-hydrogen) atoms. The minimum atomic E-state index is 0.427. The van der Waals surface area contributed by atoms with Gasteiger partial charge >= 0.3 is 154 Å². The SMILES string of the molecule is B=C1C=C(c2cnc(C)nc2OCC2CC2c2ccc(OC)cn2)C(C)=CN1C. The molecule has 3 heterocycles. The molecule has 0 amide bonds. The predicted octanol–water partition coefficient (Wildman–Crippen LogP) is 2.63. The fraction of sp³-hybridized carbons (Fsp3) is 0.364. The molecule has 2 atom stereocenters. The van der Waals surface area contributed by atoms with E-state index in [9.17, 15) is 0 Å². The number of aryl methyl sites for hydroxylation is 1. The number of likely N-dealkylation sites (N-methyl/N-ethyl adjacent to an activating group) is 1. The van der Waals surface area contributed by atoms with Gasteiger partial charge in [0.05, 0.1) is 7.11 Å². The Kier molecular flexibility index (Phi) is 5.22. The fourth-order valence-corrected chi connectivity index (χ4v) is 3.57. The molecule has 0 N–H and O–H groups in total. The van der Waals surface area contributed by atoms with Gasteiger partial charge in [-0.25, -0.2) is 0 Å². The molecule has 4 rings (SSSR count). The van der Waals surface area contributed by atoms with Crippen molar-refractivity contribution in [2.24, 2.45) is 5.92 Å². The van der Waals surface area contributed by atoms with Crippen molar-refractivity contribution in [2.45, 2.75) is 26.2 Å². The molecule has 0 spiro atoms. The van der Waals surface area contributed by atoms with Crippen LogP contribution in [-0.2, 0) is 0 Å². The molecule has 6 nitrogen and oxygen atoms in total. The van der Waals surface area contributed by atoms with Crippen LogP contribution in [0.5, 0.6) is 11.6 Å². The maximum absolute atomic E-state index is 6.19. The van der Waals surface area contributed by atoms with E-state index in [1.165, 1.54) is 0 Å². The van der Waals surface area contributed by atoms with Gasteiger partial charge in [0.15, 0.2) is 0 Å². The molecule has 1 saturated carbocycles. The second-order valence-electron chi connectivity index (χ2n) is 7.64. The molecule has 2 aromatic heterocycles. The number of nitrogens with zero attached hydrogens (tertiary/aromatic N) is 4. The van der Waals surface area contributed by atoms with Crippen LogP contribution in [0.3, 0.4) is 0 Å². The summed E-state index contributed by atoms with van der Waals surface area (Å²) in [6.07, 6.45) is 8.80. The van der Waals surface area contributed by atoms with E-state index in [0.717, 1.165) is 40.2 Å². The van der Waals surface area contributed by atoms with Gasteiger partial charge in [0.2, 0.25) is 0 Å². The van der Waals surface area contributed by atoms with Crippen molar-refractivity contribution in [3.63, 3.8) is 0 Å². The second-order valence-corrected chi connectivity index (χ2v) is 7.64. The van der Waals surface area contributed by atoms with Crippen LogP contribution in [0.15, 0.2) is 42.4 Å². The van der Waals surface area contributed by atoms with Gasteiger partial charge in [-0.2, -0.15) is 0 Å². The summed E-state index contributed by atoms with van der Waals surface area (Å²) in [6.45, 7) is 4.56. The number of pyridine rings is 1. The Morgan fingerprint density at radius 2 is 2.03 bits per heavy atom. The average Bonchev–Trinajstić information content (AvgIpc) is 3.49. The van der Waals surface area contributed by atoms with Crippen LogP contribution in [0.1, 0.15) is 36.3 Å². The zero-order valence-corrected chi connectivity index (χ0v) is 17.3. The van der Waals surface area contributed by atoms with E-state index >= 15 is 0 Å².